The van der Waals surface area contributed by atoms with Gasteiger partial charge < -0.3 is 19.3 Å². The second-order valence-corrected chi connectivity index (χ2v) is 8.29. The number of halogens is 1. The van der Waals surface area contributed by atoms with Crippen LogP contribution < -0.4 is 9.64 Å². The number of thiazole rings is 1. The van der Waals surface area contributed by atoms with Gasteiger partial charge in [-0.25, -0.2) is 9.37 Å². The molecule has 1 aliphatic heterocycles. The first-order valence-corrected chi connectivity index (χ1v) is 11.5. The number of carbonyl (C=O) groups excluding carboxylic acids is 1. The smallest absolute Gasteiger partial charge is 0.245 e. The van der Waals surface area contributed by atoms with Gasteiger partial charge in [0.2, 0.25) is 5.91 Å². The van der Waals surface area contributed by atoms with Gasteiger partial charge in [0.15, 0.2) is 5.13 Å². The third-order valence-corrected chi connectivity index (χ3v) is 6.33. The molecule has 0 N–H and O–H groups in total. The van der Waals surface area contributed by atoms with Crippen LogP contribution in [0.3, 0.4) is 0 Å². The molecule has 8 heteroatoms. The first-order valence-electron chi connectivity index (χ1n) is 10.6. The molecular weight excluding hydrogens is 429 g/mol. The lowest BCUT2D eigenvalue weighted by Crippen LogP contribution is -2.50. The molecule has 2 heterocycles. The van der Waals surface area contributed by atoms with Crippen molar-refractivity contribution in [3.63, 3.8) is 0 Å². The van der Waals surface area contributed by atoms with Crippen LogP contribution in [-0.2, 0) is 9.53 Å². The number of hydrogen-bond donors (Lipinski definition) is 0. The molecule has 168 valence electrons. The summed E-state index contributed by atoms with van der Waals surface area (Å²) in [6.45, 7) is 4.29. The first kappa shape index (κ1) is 22.2. The van der Waals surface area contributed by atoms with Gasteiger partial charge in [-0.3, -0.25) is 4.79 Å². The minimum atomic E-state index is -0.409. The molecule has 4 rings (SSSR count). The van der Waals surface area contributed by atoms with Gasteiger partial charge in [-0.2, -0.15) is 0 Å². The molecule has 1 saturated heterocycles. The molecule has 0 aliphatic carbocycles. The lowest BCUT2D eigenvalue weighted by Gasteiger charge is -2.35. The SMILES string of the molecule is CC[C@H](C(=O)N1CCOCC1)N(c1ccc(OC)cc1)c1nc(-c2ccc(F)cc2)cs1. The Morgan fingerprint density at radius 3 is 2.50 bits per heavy atom. The number of amides is 1. The van der Waals surface area contributed by atoms with Crippen molar-refractivity contribution in [2.45, 2.75) is 19.4 Å². The summed E-state index contributed by atoms with van der Waals surface area (Å²) in [6, 6.07) is 13.5. The maximum Gasteiger partial charge on any atom is 0.245 e. The lowest BCUT2D eigenvalue weighted by molar-refractivity contribution is -0.136. The first-order chi connectivity index (χ1) is 15.6. The van der Waals surface area contributed by atoms with Crippen molar-refractivity contribution in [2.24, 2.45) is 0 Å². The molecule has 3 aromatic rings. The Morgan fingerprint density at radius 2 is 1.88 bits per heavy atom. The van der Waals surface area contributed by atoms with E-state index >= 15 is 0 Å². The molecule has 6 nitrogen and oxygen atoms in total. The summed E-state index contributed by atoms with van der Waals surface area (Å²) in [5.41, 5.74) is 2.44. The highest BCUT2D eigenvalue weighted by Gasteiger charge is 2.32. The normalized spacial score (nSPS) is 14.8. The number of rotatable bonds is 7. The van der Waals surface area contributed by atoms with Crippen LogP contribution >= 0.6 is 11.3 Å². The second-order valence-electron chi connectivity index (χ2n) is 7.45. The molecule has 32 heavy (non-hydrogen) atoms. The van der Waals surface area contributed by atoms with Crippen LogP contribution in [0, 0.1) is 5.82 Å². The Bertz CT molecular complexity index is 1030. The molecule has 1 aromatic heterocycles. The number of anilines is 2. The predicted octanol–water partition coefficient (Wildman–Crippen LogP) is 4.73. The molecule has 0 unspecified atom stereocenters. The zero-order valence-electron chi connectivity index (χ0n) is 18.2. The Morgan fingerprint density at radius 1 is 1.19 bits per heavy atom. The van der Waals surface area contributed by atoms with Crippen LogP contribution in [-0.4, -0.2) is 55.2 Å². The van der Waals surface area contributed by atoms with Crippen molar-refractivity contribution >= 4 is 28.1 Å². The van der Waals surface area contributed by atoms with Gasteiger partial charge in [-0.15, -0.1) is 11.3 Å². The van der Waals surface area contributed by atoms with Crippen LogP contribution in [0.5, 0.6) is 5.75 Å². The van der Waals surface area contributed by atoms with Gasteiger partial charge in [0.05, 0.1) is 26.0 Å². The molecule has 2 aromatic carbocycles. The van der Waals surface area contributed by atoms with E-state index in [1.165, 1.54) is 23.5 Å². The zero-order chi connectivity index (χ0) is 22.5. The van der Waals surface area contributed by atoms with E-state index in [0.717, 1.165) is 22.7 Å². The summed E-state index contributed by atoms with van der Waals surface area (Å²) < 4.78 is 24.1. The van der Waals surface area contributed by atoms with Crippen molar-refractivity contribution in [1.29, 1.82) is 0 Å². The topological polar surface area (TPSA) is 54.9 Å². The third kappa shape index (κ3) is 4.76. The molecule has 1 atom stereocenters. The Balaban J connectivity index is 1.71. The fourth-order valence-electron chi connectivity index (χ4n) is 3.76. The minimum absolute atomic E-state index is 0.0603. The summed E-state index contributed by atoms with van der Waals surface area (Å²) in [5.74, 6) is 0.517. The fraction of sp³-hybridized carbons (Fsp3) is 0.333. The number of aromatic nitrogens is 1. The standard InChI is InChI=1S/C24H26FN3O3S/c1-3-22(23(29)27-12-14-31-15-13-27)28(19-8-10-20(30-2)11-9-19)24-26-21(16-32-24)17-4-6-18(25)7-5-17/h4-11,16,22H,3,12-15H2,1-2H3/t22-/m1/s1. The number of nitrogens with zero attached hydrogens (tertiary/aromatic N) is 3. The quantitative estimate of drug-likeness (QED) is 0.515. The number of benzene rings is 2. The van der Waals surface area contributed by atoms with Gasteiger partial charge in [-0.1, -0.05) is 6.92 Å². The Kier molecular flexibility index (Phi) is 7.02. The van der Waals surface area contributed by atoms with Crippen LogP contribution in [0.25, 0.3) is 11.3 Å². The summed E-state index contributed by atoms with van der Waals surface area (Å²) in [7, 11) is 1.62. The van der Waals surface area contributed by atoms with Crippen molar-refractivity contribution < 1.29 is 18.7 Å². The summed E-state index contributed by atoms with van der Waals surface area (Å²) in [5, 5.41) is 2.65. The van der Waals surface area contributed by atoms with Crippen molar-refractivity contribution in [3.8, 4) is 17.0 Å². The number of methoxy groups -OCH3 is 1. The second kappa shape index (κ2) is 10.1. The van der Waals surface area contributed by atoms with E-state index in [-0.39, 0.29) is 11.7 Å². The molecule has 1 fully saturated rings. The zero-order valence-corrected chi connectivity index (χ0v) is 19.0. The number of hydrogen-bond acceptors (Lipinski definition) is 6. The Hall–Kier alpha value is -2.97. The van der Waals surface area contributed by atoms with E-state index in [1.54, 1.807) is 19.2 Å². The number of carbonyl (C=O) groups is 1. The van der Waals surface area contributed by atoms with E-state index in [0.29, 0.717) is 37.9 Å². The lowest BCUT2D eigenvalue weighted by atomic mass is 10.1. The monoisotopic (exact) mass is 455 g/mol. The summed E-state index contributed by atoms with van der Waals surface area (Å²) >= 11 is 1.46. The maximum atomic E-state index is 13.5. The highest BCUT2D eigenvalue weighted by Crippen LogP contribution is 2.36. The average molecular weight is 456 g/mol. The Labute approximate surface area is 191 Å². The van der Waals surface area contributed by atoms with Crippen molar-refractivity contribution in [3.05, 3.63) is 59.7 Å². The predicted molar refractivity (Wildman–Crippen MR) is 124 cm³/mol. The van der Waals surface area contributed by atoms with Crippen LogP contribution in [0.4, 0.5) is 15.2 Å². The number of ether oxygens (including phenoxy) is 2. The third-order valence-electron chi connectivity index (χ3n) is 5.49. The van der Waals surface area contributed by atoms with Crippen molar-refractivity contribution in [2.75, 3.05) is 38.3 Å². The molecule has 0 saturated carbocycles. The molecule has 1 aliphatic rings. The highest BCUT2D eigenvalue weighted by molar-refractivity contribution is 7.14. The van der Waals surface area contributed by atoms with E-state index < -0.39 is 6.04 Å². The van der Waals surface area contributed by atoms with E-state index in [9.17, 15) is 9.18 Å². The minimum Gasteiger partial charge on any atom is -0.497 e. The van der Waals surface area contributed by atoms with Crippen LogP contribution in [0.1, 0.15) is 13.3 Å². The van der Waals surface area contributed by atoms with Crippen LogP contribution in [0.15, 0.2) is 53.9 Å². The molecule has 0 bridgehead atoms. The van der Waals surface area contributed by atoms with Gasteiger partial charge in [0, 0.05) is 29.7 Å². The van der Waals surface area contributed by atoms with Crippen LogP contribution in [0.2, 0.25) is 0 Å². The highest BCUT2D eigenvalue weighted by atomic mass is 32.1. The fourth-order valence-corrected chi connectivity index (χ4v) is 4.66. The molecule has 0 spiro atoms. The van der Waals surface area contributed by atoms with Gasteiger partial charge in [0.25, 0.3) is 0 Å². The largest absolute Gasteiger partial charge is 0.497 e. The summed E-state index contributed by atoms with van der Waals surface area (Å²) in [6.07, 6.45) is 0.619. The molecule has 1 amide bonds. The van der Waals surface area contributed by atoms with Gasteiger partial charge >= 0.3 is 0 Å². The van der Waals surface area contributed by atoms with Gasteiger partial charge in [-0.05, 0) is 55.0 Å². The van der Waals surface area contributed by atoms with Crippen molar-refractivity contribution in [1.82, 2.24) is 9.88 Å². The number of morpholine rings is 1. The molecular formula is C24H26FN3O3S. The van der Waals surface area contributed by atoms with E-state index in [4.69, 9.17) is 14.5 Å². The maximum absolute atomic E-state index is 13.5. The average Bonchev–Trinajstić information content (AvgIpc) is 3.33. The van der Waals surface area contributed by atoms with E-state index in [2.05, 4.69) is 0 Å². The molecule has 0 radical (unpaired) electrons. The van der Waals surface area contributed by atoms with E-state index in [1.807, 2.05) is 46.4 Å². The van der Waals surface area contributed by atoms with Gasteiger partial charge in [0.1, 0.15) is 17.6 Å². The summed E-state index contributed by atoms with van der Waals surface area (Å²) in [4.78, 5) is 22.2.